The predicted molar refractivity (Wildman–Crippen MR) is 85.9 cm³/mol. The van der Waals surface area contributed by atoms with Gasteiger partial charge in [0.1, 0.15) is 17.7 Å². The molecule has 1 aromatic heterocycles. The van der Waals surface area contributed by atoms with E-state index in [1.807, 2.05) is 17.8 Å². The van der Waals surface area contributed by atoms with E-state index in [1.54, 1.807) is 12.3 Å². The number of rotatable bonds is 4. The maximum Gasteiger partial charge on any atom is 0.139 e. The Morgan fingerprint density at radius 2 is 2.36 bits per heavy atom. The van der Waals surface area contributed by atoms with Gasteiger partial charge in [-0.3, -0.25) is 0 Å². The van der Waals surface area contributed by atoms with Gasteiger partial charge in [-0.2, -0.15) is 0 Å². The first-order chi connectivity index (χ1) is 10.6. The number of halogens is 2. The summed E-state index contributed by atoms with van der Waals surface area (Å²) in [5.41, 5.74) is 1.03. The van der Waals surface area contributed by atoms with E-state index in [9.17, 15) is 4.39 Å². The van der Waals surface area contributed by atoms with Crippen molar-refractivity contribution in [1.82, 2.24) is 14.9 Å². The summed E-state index contributed by atoms with van der Waals surface area (Å²) in [6.45, 7) is 1.42. The number of aryl methyl sites for hydroxylation is 1. The first-order valence-electron chi connectivity index (χ1n) is 7.41. The van der Waals surface area contributed by atoms with E-state index in [1.165, 1.54) is 12.1 Å². The quantitative estimate of drug-likeness (QED) is 0.900. The summed E-state index contributed by atoms with van der Waals surface area (Å²) in [7, 11) is 1.98. The SMILES string of the molecule is Cn1ccnc1[C@H]1OCCC[C@@H]1NCc1ccc(F)cc1Br. The van der Waals surface area contributed by atoms with Crippen molar-refractivity contribution < 1.29 is 9.13 Å². The summed E-state index contributed by atoms with van der Waals surface area (Å²) in [5.74, 6) is 0.706. The summed E-state index contributed by atoms with van der Waals surface area (Å²) in [6.07, 6.45) is 5.74. The Kier molecular flexibility index (Phi) is 4.90. The highest BCUT2D eigenvalue weighted by molar-refractivity contribution is 9.10. The fourth-order valence-electron chi connectivity index (χ4n) is 2.80. The van der Waals surface area contributed by atoms with Crippen LogP contribution in [0.25, 0.3) is 0 Å². The van der Waals surface area contributed by atoms with Gasteiger partial charge in [0.25, 0.3) is 0 Å². The molecule has 118 valence electrons. The maximum absolute atomic E-state index is 13.2. The molecule has 0 saturated carbocycles. The van der Waals surface area contributed by atoms with E-state index in [0.717, 1.165) is 35.3 Å². The summed E-state index contributed by atoms with van der Waals surface area (Å²) < 4.78 is 21.9. The van der Waals surface area contributed by atoms with Crippen molar-refractivity contribution in [3.63, 3.8) is 0 Å². The largest absolute Gasteiger partial charge is 0.369 e. The standard InChI is InChI=1S/C16H19BrFN3O/c1-21-7-6-19-16(21)15-14(3-2-8-22-15)20-10-11-4-5-12(18)9-13(11)17/h4-7,9,14-15,20H,2-3,8,10H2,1H3/t14-,15-/m0/s1. The van der Waals surface area contributed by atoms with Crippen molar-refractivity contribution in [2.24, 2.45) is 7.05 Å². The zero-order valence-corrected chi connectivity index (χ0v) is 14.0. The Hall–Kier alpha value is -1.24. The molecule has 22 heavy (non-hydrogen) atoms. The van der Waals surface area contributed by atoms with Gasteiger partial charge >= 0.3 is 0 Å². The number of aromatic nitrogens is 2. The minimum Gasteiger partial charge on any atom is -0.369 e. The fourth-order valence-corrected chi connectivity index (χ4v) is 3.29. The molecule has 2 atom stereocenters. The highest BCUT2D eigenvalue weighted by atomic mass is 79.9. The van der Waals surface area contributed by atoms with Gasteiger partial charge in [0.05, 0.1) is 0 Å². The molecule has 1 saturated heterocycles. The molecule has 1 N–H and O–H groups in total. The van der Waals surface area contributed by atoms with Gasteiger partial charge in [-0.05, 0) is 30.5 Å². The average molecular weight is 368 g/mol. The monoisotopic (exact) mass is 367 g/mol. The molecule has 1 aromatic carbocycles. The Bertz CT molecular complexity index is 646. The van der Waals surface area contributed by atoms with Crippen LogP contribution in [0, 0.1) is 5.82 Å². The summed E-state index contributed by atoms with van der Waals surface area (Å²) in [4.78, 5) is 4.41. The van der Waals surface area contributed by atoms with Crippen LogP contribution < -0.4 is 5.32 Å². The second-order valence-electron chi connectivity index (χ2n) is 5.55. The predicted octanol–water partition coefficient (Wildman–Crippen LogP) is 3.33. The van der Waals surface area contributed by atoms with Crippen molar-refractivity contribution in [2.45, 2.75) is 31.5 Å². The lowest BCUT2D eigenvalue weighted by Crippen LogP contribution is -2.40. The molecule has 2 aromatic rings. The second-order valence-corrected chi connectivity index (χ2v) is 6.41. The van der Waals surface area contributed by atoms with E-state index in [0.29, 0.717) is 6.54 Å². The minimum absolute atomic E-state index is 0.0482. The maximum atomic E-state index is 13.2. The second kappa shape index (κ2) is 6.89. The van der Waals surface area contributed by atoms with Crippen LogP contribution >= 0.6 is 15.9 Å². The molecule has 1 aliphatic heterocycles. The smallest absolute Gasteiger partial charge is 0.139 e. The zero-order chi connectivity index (χ0) is 15.5. The number of hydrogen-bond donors (Lipinski definition) is 1. The van der Waals surface area contributed by atoms with E-state index in [4.69, 9.17) is 4.74 Å². The lowest BCUT2D eigenvalue weighted by molar-refractivity contribution is -0.0178. The number of benzene rings is 1. The van der Waals surface area contributed by atoms with Crippen molar-refractivity contribution >= 4 is 15.9 Å². The molecule has 0 unspecified atom stereocenters. The van der Waals surface area contributed by atoms with Gasteiger partial charge in [-0.1, -0.05) is 22.0 Å². The highest BCUT2D eigenvalue weighted by Gasteiger charge is 2.29. The van der Waals surface area contributed by atoms with E-state index < -0.39 is 0 Å². The van der Waals surface area contributed by atoms with Crippen LogP contribution in [0.4, 0.5) is 4.39 Å². The minimum atomic E-state index is -0.234. The Morgan fingerprint density at radius 3 is 3.09 bits per heavy atom. The van der Waals surface area contributed by atoms with Gasteiger partial charge in [-0.25, -0.2) is 9.37 Å². The molecule has 1 aliphatic rings. The van der Waals surface area contributed by atoms with Gasteiger partial charge in [-0.15, -0.1) is 0 Å². The highest BCUT2D eigenvalue weighted by Crippen LogP contribution is 2.28. The molecule has 0 radical (unpaired) electrons. The molecule has 6 heteroatoms. The van der Waals surface area contributed by atoms with E-state index in [-0.39, 0.29) is 18.0 Å². The van der Waals surface area contributed by atoms with Gasteiger partial charge in [0.15, 0.2) is 0 Å². The third kappa shape index (κ3) is 3.39. The van der Waals surface area contributed by atoms with Crippen LogP contribution in [-0.2, 0) is 18.3 Å². The van der Waals surface area contributed by atoms with E-state index in [2.05, 4.69) is 26.2 Å². The number of hydrogen-bond acceptors (Lipinski definition) is 3. The van der Waals surface area contributed by atoms with Crippen molar-refractivity contribution in [2.75, 3.05) is 6.61 Å². The molecular weight excluding hydrogens is 349 g/mol. The zero-order valence-electron chi connectivity index (χ0n) is 12.4. The molecular formula is C16H19BrFN3O. The molecule has 4 nitrogen and oxygen atoms in total. The molecule has 0 amide bonds. The van der Waals surface area contributed by atoms with Gasteiger partial charge in [0.2, 0.25) is 0 Å². The van der Waals surface area contributed by atoms with Gasteiger partial charge in [0, 0.05) is 43.1 Å². The Morgan fingerprint density at radius 1 is 1.50 bits per heavy atom. The van der Waals surface area contributed by atoms with Crippen LogP contribution in [-0.4, -0.2) is 22.2 Å². The summed E-state index contributed by atoms with van der Waals surface area (Å²) in [5, 5.41) is 3.53. The number of nitrogens with zero attached hydrogens (tertiary/aromatic N) is 2. The molecule has 3 rings (SSSR count). The molecule has 1 fully saturated rings. The number of imidazole rings is 1. The third-order valence-corrected chi connectivity index (χ3v) is 4.74. The average Bonchev–Trinajstić information content (AvgIpc) is 2.93. The lowest BCUT2D eigenvalue weighted by atomic mass is 10.0. The first kappa shape index (κ1) is 15.6. The summed E-state index contributed by atoms with van der Waals surface area (Å²) in [6, 6.07) is 4.97. The first-order valence-corrected chi connectivity index (χ1v) is 8.20. The fraction of sp³-hybridized carbons (Fsp3) is 0.438. The third-order valence-electron chi connectivity index (χ3n) is 4.01. The summed E-state index contributed by atoms with van der Waals surface area (Å²) >= 11 is 3.41. The van der Waals surface area contributed by atoms with Crippen LogP contribution in [0.3, 0.4) is 0 Å². The topological polar surface area (TPSA) is 39.1 Å². The molecule has 0 spiro atoms. The van der Waals surface area contributed by atoms with Crippen LogP contribution in [0.5, 0.6) is 0 Å². The van der Waals surface area contributed by atoms with Crippen molar-refractivity contribution in [3.05, 3.63) is 52.3 Å². The van der Waals surface area contributed by atoms with Crippen molar-refractivity contribution in [1.29, 1.82) is 0 Å². The van der Waals surface area contributed by atoms with E-state index >= 15 is 0 Å². The lowest BCUT2D eigenvalue weighted by Gasteiger charge is -2.32. The van der Waals surface area contributed by atoms with Crippen LogP contribution in [0.15, 0.2) is 35.1 Å². The molecule has 2 heterocycles. The normalized spacial score (nSPS) is 22.0. The molecule has 0 bridgehead atoms. The van der Waals surface area contributed by atoms with Gasteiger partial charge < -0.3 is 14.6 Å². The van der Waals surface area contributed by atoms with Crippen LogP contribution in [0.2, 0.25) is 0 Å². The van der Waals surface area contributed by atoms with Crippen molar-refractivity contribution in [3.8, 4) is 0 Å². The van der Waals surface area contributed by atoms with Crippen LogP contribution in [0.1, 0.15) is 30.3 Å². The Balaban J connectivity index is 1.71. The molecule has 0 aliphatic carbocycles. The number of nitrogens with one attached hydrogen (secondary N) is 1. The Labute approximate surface area is 137 Å². The number of ether oxygens (including phenoxy) is 1.